The molecule has 1 aliphatic rings. The van der Waals surface area contributed by atoms with Crippen LogP contribution in [0.25, 0.3) is 0 Å². The highest BCUT2D eigenvalue weighted by Gasteiger charge is 2.22. The summed E-state index contributed by atoms with van der Waals surface area (Å²) in [6.45, 7) is 6.19. The molecule has 1 heterocycles. The number of hydrogen-bond acceptors (Lipinski definition) is 3. The first kappa shape index (κ1) is 17.5. The van der Waals surface area contributed by atoms with Crippen LogP contribution >= 0.6 is 0 Å². The molecule has 1 saturated heterocycles. The second kappa shape index (κ2) is 7.70. The van der Waals surface area contributed by atoms with Gasteiger partial charge in [-0.2, -0.15) is 0 Å². The van der Waals surface area contributed by atoms with E-state index in [0.717, 1.165) is 12.2 Å². The molecule has 0 bridgehead atoms. The number of carbonyl (C=O) groups excluding carboxylic acids is 1. The van der Waals surface area contributed by atoms with Crippen molar-refractivity contribution in [2.75, 3.05) is 18.4 Å². The summed E-state index contributed by atoms with van der Waals surface area (Å²) in [6, 6.07) is 14.1. The van der Waals surface area contributed by atoms with Crippen LogP contribution < -0.4 is 5.32 Å². The number of carbonyl (C=O) groups is 1. The summed E-state index contributed by atoms with van der Waals surface area (Å²) < 4.78 is 0. The van der Waals surface area contributed by atoms with Gasteiger partial charge in [0.15, 0.2) is 0 Å². The van der Waals surface area contributed by atoms with Crippen LogP contribution in [0.3, 0.4) is 0 Å². The van der Waals surface area contributed by atoms with Gasteiger partial charge in [-0.3, -0.25) is 4.79 Å². The summed E-state index contributed by atoms with van der Waals surface area (Å²) in [5.74, 6) is 0.0438. The SMILES string of the molecule is Cc1ccc(C)c(CNc2cccc(C(=O)N3CCC(O)CC3)c2)c1. The van der Waals surface area contributed by atoms with Crippen molar-refractivity contribution in [1.29, 1.82) is 0 Å². The Morgan fingerprint density at radius 2 is 1.92 bits per heavy atom. The Morgan fingerprint density at radius 3 is 2.68 bits per heavy atom. The zero-order valence-corrected chi connectivity index (χ0v) is 15.0. The maximum Gasteiger partial charge on any atom is 0.253 e. The van der Waals surface area contributed by atoms with Gasteiger partial charge >= 0.3 is 0 Å². The number of amides is 1. The van der Waals surface area contributed by atoms with Gasteiger partial charge in [0, 0.05) is 30.9 Å². The Morgan fingerprint density at radius 1 is 1.16 bits per heavy atom. The largest absolute Gasteiger partial charge is 0.393 e. The number of hydrogen-bond donors (Lipinski definition) is 2. The molecule has 1 amide bonds. The van der Waals surface area contributed by atoms with Crippen molar-refractivity contribution < 1.29 is 9.90 Å². The highest BCUT2D eigenvalue weighted by molar-refractivity contribution is 5.95. The molecular formula is C21H26N2O2. The van der Waals surface area contributed by atoms with E-state index >= 15 is 0 Å². The second-order valence-electron chi connectivity index (χ2n) is 6.89. The zero-order valence-electron chi connectivity index (χ0n) is 15.0. The molecular weight excluding hydrogens is 312 g/mol. The third-order valence-electron chi connectivity index (χ3n) is 4.85. The molecule has 0 spiro atoms. The molecule has 3 rings (SSSR count). The monoisotopic (exact) mass is 338 g/mol. The number of anilines is 1. The van der Waals surface area contributed by atoms with E-state index in [9.17, 15) is 9.90 Å². The van der Waals surface area contributed by atoms with Crippen LogP contribution in [0.2, 0.25) is 0 Å². The number of likely N-dealkylation sites (tertiary alicyclic amines) is 1. The molecule has 4 heteroatoms. The number of rotatable bonds is 4. The highest BCUT2D eigenvalue weighted by atomic mass is 16.3. The summed E-state index contributed by atoms with van der Waals surface area (Å²) in [5.41, 5.74) is 5.42. The molecule has 0 aromatic heterocycles. The smallest absolute Gasteiger partial charge is 0.253 e. The van der Waals surface area contributed by atoms with Crippen LogP contribution in [0.4, 0.5) is 5.69 Å². The highest BCUT2D eigenvalue weighted by Crippen LogP contribution is 2.18. The van der Waals surface area contributed by atoms with Crippen molar-refractivity contribution in [2.45, 2.75) is 39.3 Å². The summed E-state index contributed by atoms with van der Waals surface area (Å²) in [7, 11) is 0. The number of nitrogens with zero attached hydrogens (tertiary/aromatic N) is 1. The zero-order chi connectivity index (χ0) is 17.8. The number of nitrogens with one attached hydrogen (secondary N) is 1. The molecule has 0 unspecified atom stereocenters. The van der Waals surface area contributed by atoms with E-state index in [1.54, 1.807) is 0 Å². The first-order chi connectivity index (χ1) is 12.0. The number of aliphatic hydroxyl groups is 1. The number of piperidine rings is 1. The van der Waals surface area contributed by atoms with Gasteiger partial charge < -0.3 is 15.3 Å². The van der Waals surface area contributed by atoms with Crippen molar-refractivity contribution in [3.63, 3.8) is 0 Å². The van der Waals surface area contributed by atoms with Crippen LogP contribution in [0.15, 0.2) is 42.5 Å². The van der Waals surface area contributed by atoms with Gasteiger partial charge in [-0.05, 0) is 56.0 Å². The molecule has 132 valence electrons. The quantitative estimate of drug-likeness (QED) is 0.897. The minimum absolute atomic E-state index is 0.0438. The van der Waals surface area contributed by atoms with Crippen molar-refractivity contribution >= 4 is 11.6 Å². The summed E-state index contributed by atoms with van der Waals surface area (Å²) in [6.07, 6.45) is 1.06. The van der Waals surface area contributed by atoms with Gasteiger partial charge in [0.25, 0.3) is 5.91 Å². The van der Waals surface area contributed by atoms with E-state index in [2.05, 4.69) is 37.4 Å². The maximum absolute atomic E-state index is 12.6. The molecule has 1 aliphatic heterocycles. The van der Waals surface area contributed by atoms with Crippen molar-refractivity contribution in [2.24, 2.45) is 0 Å². The van der Waals surface area contributed by atoms with Crippen LogP contribution in [-0.2, 0) is 6.54 Å². The first-order valence-corrected chi connectivity index (χ1v) is 8.90. The van der Waals surface area contributed by atoms with E-state index in [-0.39, 0.29) is 12.0 Å². The lowest BCUT2D eigenvalue weighted by Gasteiger charge is -2.29. The fourth-order valence-electron chi connectivity index (χ4n) is 3.20. The maximum atomic E-state index is 12.6. The average Bonchev–Trinajstić information content (AvgIpc) is 2.63. The van der Waals surface area contributed by atoms with Gasteiger partial charge in [-0.1, -0.05) is 29.8 Å². The predicted octanol–water partition coefficient (Wildman–Crippen LogP) is 3.51. The van der Waals surface area contributed by atoms with Crippen molar-refractivity contribution in [1.82, 2.24) is 4.90 Å². The number of benzene rings is 2. The summed E-state index contributed by atoms with van der Waals surface area (Å²) >= 11 is 0. The first-order valence-electron chi connectivity index (χ1n) is 8.90. The van der Waals surface area contributed by atoms with Gasteiger partial charge in [0.2, 0.25) is 0 Å². The van der Waals surface area contributed by atoms with E-state index in [4.69, 9.17) is 0 Å². The van der Waals surface area contributed by atoms with Gasteiger partial charge in [0.1, 0.15) is 0 Å². The fourth-order valence-corrected chi connectivity index (χ4v) is 3.20. The molecule has 2 N–H and O–H groups in total. The third kappa shape index (κ3) is 4.40. The Kier molecular flexibility index (Phi) is 5.39. The van der Waals surface area contributed by atoms with Gasteiger partial charge in [0.05, 0.1) is 6.10 Å². The van der Waals surface area contributed by atoms with Gasteiger partial charge in [-0.15, -0.1) is 0 Å². The van der Waals surface area contributed by atoms with Crippen molar-refractivity contribution in [3.05, 3.63) is 64.7 Å². The predicted molar refractivity (Wildman–Crippen MR) is 101 cm³/mol. The summed E-state index contributed by atoms with van der Waals surface area (Å²) in [5, 5.41) is 13.0. The van der Waals surface area contributed by atoms with Crippen LogP contribution in [0.5, 0.6) is 0 Å². The van der Waals surface area contributed by atoms with E-state index in [1.165, 1.54) is 16.7 Å². The van der Waals surface area contributed by atoms with E-state index in [1.807, 2.05) is 29.2 Å². The third-order valence-corrected chi connectivity index (χ3v) is 4.85. The normalized spacial score (nSPS) is 15.2. The minimum atomic E-state index is -0.269. The molecule has 0 saturated carbocycles. The topological polar surface area (TPSA) is 52.6 Å². The lowest BCUT2D eigenvalue weighted by Crippen LogP contribution is -2.40. The van der Waals surface area contributed by atoms with E-state index < -0.39 is 0 Å². The Hall–Kier alpha value is -2.33. The number of aryl methyl sites for hydroxylation is 2. The Bertz CT molecular complexity index is 749. The molecule has 2 aromatic rings. The molecule has 0 aliphatic carbocycles. The molecule has 1 fully saturated rings. The molecule has 2 aromatic carbocycles. The van der Waals surface area contributed by atoms with Crippen LogP contribution in [-0.4, -0.2) is 35.1 Å². The standard InChI is InChI=1S/C21H26N2O2/c1-15-6-7-16(2)18(12-15)14-22-19-5-3-4-17(13-19)21(25)23-10-8-20(24)9-11-23/h3-7,12-13,20,22,24H,8-11,14H2,1-2H3. The Labute approximate surface area is 149 Å². The summed E-state index contributed by atoms with van der Waals surface area (Å²) in [4.78, 5) is 14.5. The molecule has 0 atom stereocenters. The lowest BCUT2D eigenvalue weighted by molar-refractivity contribution is 0.0546. The average molecular weight is 338 g/mol. The number of aliphatic hydroxyl groups excluding tert-OH is 1. The Balaban J connectivity index is 1.67. The molecule has 4 nitrogen and oxygen atoms in total. The van der Waals surface area contributed by atoms with Crippen molar-refractivity contribution in [3.8, 4) is 0 Å². The van der Waals surface area contributed by atoms with Crippen LogP contribution in [0.1, 0.15) is 39.9 Å². The fraction of sp³-hybridized carbons (Fsp3) is 0.381. The molecule has 0 radical (unpaired) electrons. The van der Waals surface area contributed by atoms with E-state index in [0.29, 0.717) is 31.5 Å². The van der Waals surface area contributed by atoms with Gasteiger partial charge in [-0.25, -0.2) is 0 Å². The molecule has 25 heavy (non-hydrogen) atoms. The second-order valence-corrected chi connectivity index (χ2v) is 6.89. The minimum Gasteiger partial charge on any atom is -0.393 e. The lowest BCUT2D eigenvalue weighted by atomic mass is 10.1. The van der Waals surface area contributed by atoms with Crippen LogP contribution in [0, 0.1) is 13.8 Å².